The molecule has 0 bridgehead atoms. The van der Waals surface area contributed by atoms with Crippen molar-refractivity contribution in [1.82, 2.24) is 4.98 Å². The molecule has 0 saturated carbocycles. The molecule has 0 aliphatic heterocycles. The lowest BCUT2D eigenvalue weighted by Gasteiger charge is -2.10. The zero-order chi connectivity index (χ0) is 13.8. The fraction of sp³-hybridized carbons (Fsp3) is 0.0769. The van der Waals surface area contributed by atoms with Crippen molar-refractivity contribution in [2.24, 2.45) is 0 Å². The van der Waals surface area contributed by atoms with Gasteiger partial charge in [-0.1, -0.05) is 0 Å². The number of rotatable bonds is 3. The SMILES string of the molecule is COc1ccc(N)c(Nc2ccc(F)cc2C#N)n1. The Balaban J connectivity index is 2.39. The summed E-state index contributed by atoms with van der Waals surface area (Å²) in [6.07, 6.45) is 0. The van der Waals surface area contributed by atoms with Crippen molar-refractivity contribution in [3.8, 4) is 11.9 Å². The Bertz CT molecular complexity index is 652. The van der Waals surface area contributed by atoms with Crippen LogP contribution < -0.4 is 15.8 Å². The van der Waals surface area contributed by atoms with Gasteiger partial charge in [-0.2, -0.15) is 10.2 Å². The van der Waals surface area contributed by atoms with Crippen LogP contribution in [-0.2, 0) is 0 Å². The van der Waals surface area contributed by atoms with E-state index in [-0.39, 0.29) is 5.56 Å². The van der Waals surface area contributed by atoms with Crippen molar-refractivity contribution >= 4 is 17.2 Å². The first-order chi connectivity index (χ1) is 9.13. The molecule has 0 unspecified atom stereocenters. The van der Waals surface area contributed by atoms with Crippen molar-refractivity contribution in [3.63, 3.8) is 0 Å². The molecule has 5 nitrogen and oxygen atoms in total. The molecule has 1 heterocycles. The second-order valence-corrected chi connectivity index (χ2v) is 3.72. The van der Waals surface area contributed by atoms with Crippen LogP contribution in [0.3, 0.4) is 0 Å². The number of nitrogens with one attached hydrogen (secondary N) is 1. The topological polar surface area (TPSA) is 84.0 Å². The van der Waals surface area contributed by atoms with Gasteiger partial charge in [0, 0.05) is 6.07 Å². The third kappa shape index (κ3) is 2.72. The molecular weight excluding hydrogens is 247 g/mol. The number of ether oxygens (including phenoxy) is 1. The van der Waals surface area contributed by atoms with E-state index in [0.717, 1.165) is 6.07 Å². The quantitative estimate of drug-likeness (QED) is 0.883. The van der Waals surface area contributed by atoms with Crippen LogP contribution in [0.25, 0.3) is 0 Å². The molecule has 0 spiro atoms. The summed E-state index contributed by atoms with van der Waals surface area (Å²) in [4.78, 5) is 4.12. The minimum absolute atomic E-state index is 0.170. The van der Waals surface area contributed by atoms with E-state index in [4.69, 9.17) is 15.7 Å². The van der Waals surface area contributed by atoms with Crippen LogP contribution in [-0.4, -0.2) is 12.1 Å². The highest BCUT2D eigenvalue weighted by Crippen LogP contribution is 2.26. The number of nitriles is 1. The molecule has 96 valence electrons. The van der Waals surface area contributed by atoms with Gasteiger partial charge in [-0.25, -0.2) is 4.39 Å². The maximum absolute atomic E-state index is 13.0. The first-order valence-electron chi connectivity index (χ1n) is 5.41. The summed E-state index contributed by atoms with van der Waals surface area (Å²) in [6, 6.07) is 8.99. The van der Waals surface area contributed by atoms with Gasteiger partial charge >= 0.3 is 0 Å². The molecule has 0 atom stereocenters. The molecular formula is C13H11FN4O. The summed E-state index contributed by atoms with van der Waals surface area (Å²) < 4.78 is 18.0. The first-order valence-corrected chi connectivity index (χ1v) is 5.41. The van der Waals surface area contributed by atoms with Gasteiger partial charge in [0.1, 0.15) is 11.9 Å². The Labute approximate surface area is 109 Å². The van der Waals surface area contributed by atoms with E-state index in [0.29, 0.717) is 23.1 Å². The van der Waals surface area contributed by atoms with Gasteiger partial charge < -0.3 is 15.8 Å². The Kier molecular flexibility index (Phi) is 3.48. The van der Waals surface area contributed by atoms with Gasteiger partial charge in [0.05, 0.1) is 24.0 Å². The number of nitrogens with zero attached hydrogens (tertiary/aromatic N) is 2. The van der Waals surface area contributed by atoms with E-state index in [2.05, 4.69) is 10.3 Å². The predicted molar refractivity (Wildman–Crippen MR) is 69.6 cm³/mol. The molecule has 0 fully saturated rings. The highest BCUT2D eigenvalue weighted by Gasteiger charge is 2.08. The highest BCUT2D eigenvalue weighted by molar-refractivity contribution is 5.72. The normalized spacial score (nSPS) is 9.74. The standard InChI is InChI=1S/C13H11FN4O/c1-19-12-5-3-10(16)13(18-12)17-11-4-2-9(14)6-8(11)7-15/h2-6H,16H2,1H3,(H,17,18). The van der Waals surface area contributed by atoms with Crippen LogP contribution >= 0.6 is 0 Å². The van der Waals surface area contributed by atoms with E-state index in [1.54, 1.807) is 12.1 Å². The van der Waals surface area contributed by atoms with Gasteiger partial charge in [0.2, 0.25) is 5.88 Å². The van der Waals surface area contributed by atoms with Crippen molar-refractivity contribution in [3.05, 3.63) is 41.7 Å². The molecule has 0 amide bonds. The van der Waals surface area contributed by atoms with Crippen LogP contribution in [0.2, 0.25) is 0 Å². The molecule has 3 N–H and O–H groups in total. The molecule has 2 aromatic rings. The lowest BCUT2D eigenvalue weighted by atomic mass is 10.2. The molecule has 0 radical (unpaired) electrons. The number of anilines is 3. The van der Waals surface area contributed by atoms with Gasteiger partial charge in [-0.15, -0.1) is 0 Å². The molecule has 0 aliphatic rings. The number of halogens is 1. The zero-order valence-electron chi connectivity index (χ0n) is 10.1. The Hall–Kier alpha value is -2.81. The minimum Gasteiger partial charge on any atom is -0.481 e. The average Bonchev–Trinajstić information content (AvgIpc) is 2.43. The molecule has 0 saturated heterocycles. The first kappa shape index (κ1) is 12.6. The predicted octanol–water partition coefficient (Wildman–Crippen LogP) is 2.43. The van der Waals surface area contributed by atoms with E-state index in [9.17, 15) is 4.39 Å². The third-order valence-corrected chi connectivity index (χ3v) is 2.47. The fourth-order valence-electron chi connectivity index (χ4n) is 1.51. The van der Waals surface area contributed by atoms with Crippen LogP contribution in [0.5, 0.6) is 5.88 Å². The van der Waals surface area contributed by atoms with Crippen LogP contribution in [0.4, 0.5) is 21.6 Å². The summed E-state index contributed by atoms with van der Waals surface area (Å²) in [5.41, 5.74) is 6.77. The molecule has 19 heavy (non-hydrogen) atoms. The molecule has 2 rings (SSSR count). The summed E-state index contributed by atoms with van der Waals surface area (Å²) >= 11 is 0. The number of benzene rings is 1. The number of hydrogen-bond donors (Lipinski definition) is 2. The maximum atomic E-state index is 13.0. The van der Waals surface area contributed by atoms with Crippen molar-refractivity contribution in [2.75, 3.05) is 18.2 Å². The smallest absolute Gasteiger partial charge is 0.215 e. The van der Waals surface area contributed by atoms with E-state index >= 15 is 0 Å². The largest absolute Gasteiger partial charge is 0.481 e. The van der Waals surface area contributed by atoms with Gasteiger partial charge in [-0.05, 0) is 24.3 Å². The third-order valence-electron chi connectivity index (χ3n) is 2.47. The van der Waals surface area contributed by atoms with Crippen LogP contribution in [0.1, 0.15) is 5.56 Å². The lowest BCUT2D eigenvalue weighted by Crippen LogP contribution is -2.02. The minimum atomic E-state index is -0.478. The molecule has 1 aromatic carbocycles. The number of nitrogen functional groups attached to an aromatic ring is 1. The number of methoxy groups -OCH3 is 1. The van der Waals surface area contributed by atoms with E-state index in [1.165, 1.54) is 19.2 Å². The zero-order valence-corrected chi connectivity index (χ0v) is 10.1. The lowest BCUT2D eigenvalue weighted by molar-refractivity contribution is 0.398. The number of hydrogen-bond acceptors (Lipinski definition) is 5. The Morgan fingerprint density at radius 2 is 2.16 bits per heavy atom. The van der Waals surface area contributed by atoms with Crippen LogP contribution in [0.15, 0.2) is 30.3 Å². The number of aromatic nitrogens is 1. The van der Waals surface area contributed by atoms with Crippen molar-refractivity contribution in [2.45, 2.75) is 0 Å². The molecule has 1 aromatic heterocycles. The van der Waals surface area contributed by atoms with Gasteiger partial charge in [0.15, 0.2) is 5.82 Å². The average molecular weight is 258 g/mol. The summed E-state index contributed by atoms with van der Waals surface area (Å²) in [5, 5.41) is 11.8. The van der Waals surface area contributed by atoms with E-state index in [1.807, 2.05) is 6.07 Å². The second kappa shape index (κ2) is 5.23. The summed E-state index contributed by atoms with van der Waals surface area (Å²) in [7, 11) is 1.49. The monoisotopic (exact) mass is 258 g/mol. The summed E-state index contributed by atoms with van der Waals surface area (Å²) in [6.45, 7) is 0. The fourth-order valence-corrected chi connectivity index (χ4v) is 1.51. The molecule has 0 aliphatic carbocycles. The van der Waals surface area contributed by atoms with E-state index < -0.39 is 5.82 Å². The van der Waals surface area contributed by atoms with Gasteiger partial charge in [-0.3, -0.25) is 0 Å². The number of nitrogens with two attached hydrogens (primary N) is 1. The summed E-state index contributed by atoms with van der Waals surface area (Å²) in [5.74, 6) is 0.258. The molecule has 6 heteroatoms. The van der Waals surface area contributed by atoms with Gasteiger partial charge in [0.25, 0.3) is 0 Å². The second-order valence-electron chi connectivity index (χ2n) is 3.72. The number of pyridine rings is 1. The Morgan fingerprint density at radius 3 is 2.84 bits per heavy atom. The Morgan fingerprint density at radius 1 is 1.37 bits per heavy atom. The van der Waals surface area contributed by atoms with Crippen molar-refractivity contribution in [1.29, 1.82) is 5.26 Å². The van der Waals surface area contributed by atoms with Crippen molar-refractivity contribution < 1.29 is 9.13 Å². The highest BCUT2D eigenvalue weighted by atomic mass is 19.1. The maximum Gasteiger partial charge on any atom is 0.215 e. The van der Waals surface area contributed by atoms with Crippen LogP contribution in [0, 0.1) is 17.1 Å².